The van der Waals surface area contributed by atoms with E-state index in [1.54, 1.807) is 18.9 Å². The van der Waals surface area contributed by atoms with Crippen molar-refractivity contribution in [3.05, 3.63) is 40.6 Å². The molecule has 0 bridgehead atoms. The quantitative estimate of drug-likeness (QED) is 0.0328. The van der Waals surface area contributed by atoms with Gasteiger partial charge in [-0.1, -0.05) is 22.2 Å². The Morgan fingerprint density at radius 1 is 0.915 bits per heavy atom. The predicted octanol–water partition coefficient (Wildman–Crippen LogP) is 2.24. The molecule has 6 atom stereocenters. The standard InChI is InChI=1S/C8H12N2O.C7H10N2O.C6H11NO2.C6H7NO.C6H9N.C5H9N2O4P.C5H9NO.C2H5NO.I3/c1-6-5-8(11-9-6)7-3-4-10(7)2;1-5-4-7(10-9-5)6-2-3-8-6;1-7-4-3-5(7)6(8)9-2;1-3-5-4-6(8)7(5)2;1-3-6-4-5-7(6)2;1-4(8)5(7-6)12(9,10-2)11-3;1-6-3-2-5(6)4-7;1-2-3-4;1-3-2/h5,7H,3-4H2,1-2H3;4,6,8H,2-3H2,1H3;5H,3-4H2,1-2H3;1,5H,4H2,2H3;1,6H,4-5H2,2H3;1-3H3;4-5H,2-3H2,1H3;2,4H,1H3;/q;;;;;;;;-1/b;;;;;;;3-2+;. The van der Waals surface area contributed by atoms with E-state index in [0.717, 1.165) is 82.8 Å². The number of likely N-dealkylation sites (tertiary alicyclic amines) is 5. The number of methoxy groups -OCH3 is 1. The van der Waals surface area contributed by atoms with E-state index in [4.69, 9.17) is 32.6 Å². The number of carbonyl (C=O) groups excluding carboxylic acids is 4. The zero-order valence-electron chi connectivity index (χ0n) is 42.8. The first-order valence-corrected chi connectivity index (χ1v) is 36.3. The first-order valence-electron chi connectivity index (χ1n) is 22.2. The maximum absolute atomic E-state index is 11.4. The number of amides is 1. The summed E-state index contributed by atoms with van der Waals surface area (Å²) in [6.45, 7) is 12.2. The number of rotatable bonds is 8. The maximum atomic E-state index is 11.4. The van der Waals surface area contributed by atoms with Crippen LogP contribution in [0.15, 0.2) is 26.3 Å². The summed E-state index contributed by atoms with van der Waals surface area (Å²) in [6, 6.07) is 5.70. The number of likely N-dealkylation sites (N-methyl/N-ethyl adjacent to an activating group) is 2. The van der Waals surface area contributed by atoms with Crippen molar-refractivity contribution in [2.45, 2.75) is 102 Å². The van der Waals surface area contributed by atoms with Crippen molar-refractivity contribution in [2.24, 2.45) is 5.16 Å². The van der Waals surface area contributed by atoms with Crippen LogP contribution in [0.3, 0.4) is 0 Å². The van der Waals surface area contributed by atoms with E-state index in [-0.39, 0.29) is 30.0 Å². The van der Waals surface area contributed by atoms with Gasteiger partial charge in [0, 0.05) is 72.7 Å². The molecule has 1 amide bonds. The van der Waals surface area contributed by atoms with Crippen LogP contribution in [0.1, 0.15) is 87.4 Å². The third-order valence-corrected chi connectivity index (χ3v) is 13.4. The summed E-state index contributed by atoms with van der Waals surface area (Å²) >= 11 is 5.30. The van der Waals surface area contributed by atoms with Gasteiger partial charge in [0.15, 0.2) is 11.5 Å². The Morgan fingerprint density at radius 2 is 1.42 bits per heavy atom. The molecular formula is C45H72I3N11O11P-. The summed E-state index contributed by atoms with van der Waals surface area (Å²) in [7, 11) is 9.67. The second-order valence-corrected chi connectivity index (χ2v) is 34.6. The van der Waals surface area contributed by atoms with E-state index in [0.29, 0.717) is 37.8 Å². The van der Waals surface area contributed by atoms with E-state index in [1.165, 1.54) is 45.7 Å². The van der Waals surface area contributed by atoms with Gasteiger partial charge in [-0.25, -0.2) is 4.57 Å². The molecule has 0 spiro atoms. The van der Waals surface area contributed by atoms with Gasteiger partial charge in [-0.05, 0) is 87.6 Å². The van der Waals surface area contributed by atoms with Gasteiger partial charge in [-0.3, -0.25) is 34.0 Å². The van der Waals surface area contributed by atoms with Gasteiger partial charge in [0.2, 0.25) is 11.7 Å². The number of nitrogens with one attached hydrogen (secondary N) is 1. The van der Waals surface area contributed by atoms with Gasteiger partial charge in [0.25, 0.3) is 0 Å². The number of hydrogen-bond acceptors (Lipinski definition) is 19. The van der Waals surface area contributed by atoms with Gasteiger partial charge in [-0.2, -0.15) is 4.79 Å². The molecule has 6 aliphatic heterocycles. The number of carbonyl (C=O) groups is 4. The molecule has 8 heterocycles. The van der Waals surface area contributed by atoms with Crippen molar-refractivity contribution in [3.8, 4) is 24.7 Å². The number of Topliss-reactive ketones (excluding diaryl/α,β-unsaturated/α-hetero) is 1. The SMILES string of the molecule is C#CC1CC(=O)N1C.C#CC1CCN1C.C/C=N/O.CN1CCC1C=O.COC(=O)C1CCN1C.COP(=O)(OC)C(=[N+]=[N-])C(C)=O.Cc1cc(C2CCN2)on1.Cc1cc(C2CCN2C)on1.I[I-]I. The summed E-state index contributed by atoms with van der Waals surface area (Å²) in [4.78, 5) is 54.4. The number of ketones is 1. The van der Waals surface area contributed by atoms with Crippen LogP contribution < -0.4 is 18.6 Å². The number of esters is 1. The average molecular weight is 1350 g/mol. The number of halogens is 3. The molecule has 400 valence electrons. The van der Waals surface area contributed by atoms with Crippen LogP contribution in [0.25, 0.3) is 5.53 Å². The fraction of sp³-hybridized carbons (Fsp3) is 0.644. The van der Waals surface area contributed by atoms with Gasteiger partial charge in [-0.15, -0.1) is 18.0 Å². The van der Waals surface area contributed by atoms with Gasteiger partial charge in [0.05, 0.1) is 49.1 Å². The van der Waals surface area contributed by atoms with Crippen LogP contribution in [0.2, 0.25) is 0 Å². The Kier molecular flexibility index (Phi) is 35.8. The van der Waals surface area contributed by atoms with Crippen molar-refractivity contribution in [2.75, 3.05) is 89.3 Å². The van der Waals surface area contributed by atoms with Crippen LogP contribution in [0.4, 0.5) is 0 Å². The number of aldehydes is 1. The second-order valence-electron chi connectivity index (χ2n) is 16.2. The van der Waals surface area contributed by atoms with Gasteiger partial charge < -0.3 is 48.6 Å². The monoisotopic (exact) mass is 1350 g/mol. The summed E-state index contributed by atoms with van der Waals surface area (Å²) in [5.74, 6) is 6.53. The number of oxime groups is 1. The molecule has 6 unspecified atom stereocenters. The number of nitrogens with zero attached hydrogens (tertiary/aromatic N) is 10. The summed E-state index contributed by atoms with van der Waals surface area (Å²) in [5, 5.41) is 21.0. The molecule has 6 aliphatic rings. The van der Waals surface area contributed by atoms with E-state index >= 15 is 0 Å². The fourth-order valence-corrected chi connectivity index (χ4v) is 7.11. The second kappa shape index (κ2) is 37.5. The Hall–Kier alpha value is -3.19. The molecule has 71 heavy (non-hydrogen) atoms. The topological polar surface area (TPSA) is 262 Å². The molecule has 2 N–H and O–H groups in total. The van der Waals surface area contributed by atoms with Crippen molar-refractivity contribution in [1.82, 2.24) is 40.1 Å². The normalized spacial score (nSPS) is 22.6. The molecule has 8 rings (SSSR count). The molecule has 0 radical (unpaired) electrons. The van der Waals surface area contributed by atoms with Crippen LogP contribution >= 0.6 is 44.8 Å². The third-order valence-electron chi connectivity index (χ3n) is 11.5. The van der Waals surface area contributed by atoms with E-state index < -0.39 is 18.8 Å². The van der Waals surface area contributed by atoms with Crippen LogP contribution in [-0.4, -0.2) is 194 Å². The zero-order chi connectivity index (χ0) is 54.3. The summed E-state index contributed by atoms with van der Waals surface area (Å²) < 4.78 is 35.0. The zero-order valence-corrected chi connectivity index (χ0v) is 50.2. The van der Waals surface area contributed by atoms with Crippen LogP contribution in [-0.2, 0) is 37.5 Å². The molecule has 2 aromatic rings. The Balaban J connectivity index is 0.000000792. The Morgan fingerprint density at radius 3 is 1.56 bits per heavy atom. The van der Waals surface area contributed by atoms with E-state index in [2.05, 4.69) is 105 Å². The minimum atomic E-state index is -3.70. The van der Waals surface area contributed by atoms with E-state index in [9.17, 15) is 23.7 Å². The number of terminal acetylenes is 2. The first-order chi connectivity index (χ1) is 33.7. The number of aromatic nitrogens is 2. The summed E-state index contributed by atoms with van der Waals surface area (Å²) in [5.41, 5.74) is 9.66. The number of aryl methyl sites for hydroxylation is 2. The number of ether oxygens (including phenoxy) is 1. The molecule has 0 aliphatic carbocycles. The molecule has 0 aromatic carbocycles. The van der Waals surface area contributed by atoms with Crippen molar-refractivity contribution >= 4 is 80.4 Å². The van der Waals surface area contributed by atoms with E-state index in [1.807, 2.05) is 56.9 Å². The Labute approximate surface area is 449 Å². The molecular weight excluding hydrogens is 1280 g/mol. The molecule has 2 aromatic heterocycles. The van der Waals surface area contributed by atoms with Crippen LogP contribution in [0, 0.1) is 38.5 Å². The summed E-state index contributed by atoms with van der Waals surface area (Å²) in [6.07, 6.45) is 18.6. The molecule has 6 fully saturated rings. The third kappa shape index (κ3) is 24.1. The van der Waals surface area contributed by atoms with Gasteiger partial charge >= 0.3 is 69.5 Å². The molecule has 6 saturated heterocycles. The predicted molar refractivity (Wildman–Crippen MR) is 283 cm³/mol. The molecule has 26 heteroatoms. The fourth-order valence-electron chi connectivity index (χ4n) is 6.12. The first kappa shape index (κ1) is 67.8. The Bertz CT molecular complexity index is 2110. The van der Waals surface area contributed by atoms with Crippen LogP contribution in [0.5, 0.6) is 0 Å². The minimum absolute atomic E-state index is 0.0370. The molecule has 22 nitrogen and oxygen atoms in total. The van der Waals surface area contributed by atoms with Crippen molar-refractivity contribution < 1.29 is 69.8 Å². The number of β-lactam (4-membered cyclic amide) rings is 1. The van der Waals surface area contributed by atoms with Crippen molar-refractivity contribution in [1.29, 1.82) is 0 Å². The molecule has 0 saturated carbocycles. The van der Waals surface area contributed by atoms with Crippen molar-refractivity contribution in [3.63, 3.8) is 0 Å². The van der Waals surface area contributed by atoms with Gasteiger partial charge in [0.1, 0.15) is 18.4 Å². The average Bonchev–Trinajstić information content (AvgIpc) is 3.96. The number of hydrogen-bond donors (Lipinski definition) is 2.